The van der Waals surface area contributed by atoms with Crippen LogP contribution in [0, 0.1) is 6.92 Å². The zero-order chi connectivity index (χ0) is 20.7. The Morgan fingerprint density at radius 3 is 2.18 bits per heavy atom. The van der Waals surface area contributed by atoms with Gasteiger partial charge in [-0.3, -0.25) is 4.99 Å². The third kappa shape index (κ3) is 3.96. The maximum Gasteiger partial charge on any atom is 0.128 e. The number of phenols is 1. The van der Waals surface area contributed by atoms with E-state index < -0.39 is 0 Å². The van der Waals surface area contributed by atoms with Crippen LogP contribution in [0.1, 0.15) is 63.8 Å². The van der Waals surface area contributed by atoms with Gasteiger partial charge >= 0.3 is 0 Å². The quantitative estimate of drug-likeness (QED) is 0.473. The van der Waals surface area contributed by atoms with E-state index in [1.807, 2.05) is 18.3 Å². The molecule has 0 aliphatic rings. The minimum absolute atomic E-state index is 0.00828. The molecule has 0 radical (unpaired) electrons. The zero-order valence-corrected chi connectivity index (χ0v) is 18.1. The van der Waals surface area contributed by atoms with E-state index in [9.17, 15) is 5.11 Å². The highest BCUT2D eigenvalue weighted by molar-refractivity contribution is 5.97. The fourth-order valence-corrected chi connectivity index (χ4v) is 3.43. The molecule has 0 unspecified atom stereocenters. The molecule has 3 aromatic rings. The molecule has 0 aromatic heterocycles. The van der Waals surface area contributed by atoms with Crippen LogP contribution in [0.4, 0.5) is 5.69 Å². The highest BCUT2D eigenvalue weighted by Crippen LogP contribution is 2.37. The van der Waals surface area contributed by atoms with Gasteiger partial charge in [0.1, 0.15) is 5.75 Å². The minimum Gasteiger partial charge on any atom is -0.507 e. The van der Waals surface area contributed by atoms with Crippen LogP contribution in [0.2, 0.25) is 0 Å². The van der Waals surface area contributed by atoms with E-state index in [0.717, 1.165) is 27.8 Å². The van der Waals surface area contributed by atoms with Crippen LogP contribution in [0.25, 0.3) is 10.8 Å². The lowest BCUT2D eigenvalue weighted by molar-refractivity contribution is 0.444. The Morgan fingerprint density at radius 2 is 1.54 bits per heavy atom. The van der Waals surface area contributed by atoms with E-state index in [0.29, 0.717) is 5.75 Å². The molecule has 0 bridgehead atoms. The highest BCUT2D eigenvalue weighted by atomic mass is 16.3. The van der Waals surface area contributed by atoms with E-state index in [-0.39, 0.29) is 10.8 Å². The van der Waals surface area contributed by atoms with Crippen molar-refractivity contribution in [3.63, 3.8) is 0 Å². The average molecular weight is 374 g/mol. The minimum atomic E-state index is -0.150. The van der Waals surface area contributed by atoms with E-state index in [1.165, 1.54) is 10.9 Å². The number of hydrogen-bond donors (Lipinski definition) is 1. The zero-order valence-electron chi connectivity index (χ0n) is 18.1. The first kappa shape index (κ1) is 20.1. The summed E-state index contributed by atoms with van der Waals surface area (Å²) in [5.41, 5.74) is 4.84. The Kier molecular flexibility index (Phi) is 5.10. The Labute approximate surface area is 169 Å². The molecule has 0 amide bonds. The van der Waals surface area contributed by atoms with Gasteiger partial charge in [0.05, 0.1) is 5.69 Å². The first-order chi connectivity index (χ1) is 13.0. The van der Waals surface area contributed by atoms with Crippen LogP contribution in [0.15, 0.2) is 53.5 Å². The standard InChI is InChI=1S/C26H31NO/c1-17-12-13-18-10-8-9-11-21(18)23(17)27-16-19-14-20(25(2,3)4)15-22(24(19)28)26(5,6)7/h8-16,28H,1-7H3/b27-16+. The van der Waals surface area contributed by atoms with Crippen LogP contribution in [-0.2, 0) is 10.8 Å². The summed E-state index contributed by atoms with van der Waals surface area (Å²) in [6, 6.07) is 16.7. The summed E-state index contributed by atoms with van der Waals surface area (Å²) in [5.74, 6) is 0.321. The lowest BCUT2D eigenvalue weighted by atomic mass is 9.79. The van der Waals surface area contributed by atoms with Crippen molar-refractivity contribution in [1.82, 2.24) is 0 Å². The maximum atomic E-state index is 11.0. The van der Waals surface area contributed by atoms with Crippen LogP contribution in [0.3, 0.4) is 0 Å². The molecule has 0 aliphatic carbocycles. The number of benzene rings is 3. The second kappa shape index (κ2) is 7.09. The molecule has 146 valence electrons. The van der Waals surface area contributed by atoms with Gasteiger partial charge in [-0.2, -0.15) is 0 Å². The van der Waals surface area contributed by atoms with Gasteiger partial charge in [-0.05, 0) is 40.3 Å². The summed E-state index contributed by atoms with van der Waals surface area (Å²) >= 11 is 0. The Balaban J connectivity index is 2.19. The van der Waals surface area contributed by atoms with Gasteiger partial charge in [0.2, 0.25) is 0 Å². The second-order valence-corrected chi connectivity index (χ2v) is 9.67. The van der Waals surface area contributed by atoms with Gasteiger partial charge in [0.15, 0.2) is 0 Å². The molecule has 0 aliphatic heterocycles. The SMILES string of the molecule is Cc1ccc2ccccc2c1/N=C/c1cc(C(C)(C)C)cc(C(C)(C)C)c1O. The van der Waals surface area contributed by atoms with Gasteiger partial charge in [-0.15, -0.1) is 0 Å². The predicted octanol–water partition coefficient (Wildman–Crippen LogP) is 7.20. The van der Waals surface area contributed by atoms with E-state index in [4.69, 9.17) is 4.99 Å². The topological polar surface area (TPSA) is 32.6 Å². The van der Waals surface area contributed by atoms with Gasteiger partial charge in [-0.25, -0.2) is 0 Å². The number of hydrogen-bond acceptors (Lipinski definition) is 2. The molecule has 2 nitrogen and oxygen atoms in total. The number of aliphatic imine (C=N–C) groups is 1. The summed E-state index contributed by atoms with van der Waals surface area (Å²) in [7, 11) is 0. The molecule has 3 rings (SSSR count). The monoisotopic (exact) mass is 373 g/mol. The second-order valence-electron chi connectivity index (χ2n) is 9.67. The molecule has 0 saturated carbocycles. The predicted molar refractivity (Wildman–Crippen MR) is 121 cm³/mol. The molecule has 3 aromatic carbocycles. The van der Waals surface area contributed by atoms with Crippen molar-refractivity contribution < 1.29 is 5.11 Å². The van der Waals surface area contributed by atoms with E-state index in [2.05, 4.69) is 84.9 Å². The van der Waals surface area contributed by atoms with Crippen molar-refractivity contribution in [2.45, 2.75) is 59.3 Å². The number of fused-ring (bicyclic) bond motifs is 1. The first-order valence-corrected chi connectivity index (χ1v) is 9.89. The smallest absolute Gasteiger partial charge is 0.128 e. The van der Waals surface area contributed by atoms with Crippen molar-refractivity contribution in [2.24, 2.45) is 4.99 Å². The lowest BCUT2D eigenvalue weighted by Gasteiger charge is -2.27. The fourth-order valence-electron chi connectivity index (χ4n) is 3.43. The summed E-state index contributed by atoms with van der Waals surface area (Å²) in [4.78, 5) is 4.83. The maximum absolute atomic E-state index is 11.0. The number of aromatic hydroxyl groups is 1. The number of nitrogens with zero attached hydrogens (tertiary/aromatic N) is 1. The molecule has 2 heteroatoms. The average Bonchev–Trinajstić information content (AvgIpc) is 2.60. The van der Waals surface area contributed by atoms with Gasteiger partial charge in [-0.1, -0.05) is 84.0 Å². The molecule has 1 N–H and O–H groups in total. The van der Waals surface area contributed by atoms with Crippen molar-refractivity contribution >= 4 is 22.7 Å². The van der Waals surface area contributed by atoms with E-state index in [1.54, 1.807) is 0 Å². The Hall–Kier alpha value is -2.61. The number of rotatable bonds is 2. The molecular formula is C26H31NO. The van der Waals surface area contributed by atoms with Gasteiger partial charge in [0, 0.05) is 22.7 Å². The fraction of sp³-hybridized carbons (Fsp3) is 0.346. The molecule has 0 heterocycles. The third-order valence-electron chi connectivity index (χ3n) is 5.25. The normalized spacial score (nSPS) is 12.8. The summed E-state index contributed by atoms with van der Waals surface area (Å²) in [6.07, 6.45) is 1.81. The molecule has 0 atom stereocenters. The van der Waals surface area contributed by atoms with Crippen LogP contribution < -0.4 is 0 Å². The summed E-state index contributed by atoms with van der Waals surface area (Å²) < 4.78 is 0. The largest absolute Gasteiger partial charge is 0.507 e. The molecular weight excluding hydrogens is 342 g/mol. The molecule has 0 saturated heterocycles. The first-order valence-electron chi connectivity index (χ1n) is 9.89. The van der Waals surface area contributed by atoms with Crippen LogP contribution >= 0.6 is 0 Å². The Morgan fingerprint density at radius 1 is 0.857 bits per heavy atom. The van der Waals surface area contributed by atoms with Crippen molar-refractivity contribution in [3.05, 3.63) is 70.8 Å². The van der Waals surface area contributed by atoms with Crippen LogP contribution in [-0.4, -0.2) is 11.3 Å². The number of aryl methyl sites for hydroxylation is 1. The highest BCUT2D eigenvalue weighted by Gasteiger charge is 2.24. The van der Waals surface area contributed by atoms with Crippen molar-refractivity contribution in [3.8, 4) is 5.75 Å². The Bertz CT molecular complexity index is 1050. The molecule has 0 spiro atoms. The van der Waals surface area contributed by atoms with Gasteiger partial charge in [0.25, 0.3) is 0 Å². The van der Waals surface area contributed by atoms with Gasteiger partial charge < -0.3 is 5.11 Å². The van der Waals surface area contributed by atoms with Crippen LogP contribution in [0.5, 0.6) is 5.75 Å². The van der Waals surface area contributed by atoms with E-state index >= 15 is 0 Å². The third-order valence-corrected chi connectivity index (χ3v) is 5.25. The van der Waals surface area contributed by atoms with Crippen molar-refractivity contribution in [1.29, 1.82) is 0 Å². The summed E-state index contributed by atoms with van der Waals surface area (Å²) in [5, 5.41) is 13.3. The lowest BCUT2D eigenvalue weighted by Crippen LogP contribution is -2.17. The summed E-state index contributed by atoms with van der Waals surface area (Å²) in [6.45, 7) is 15.1. The molecule has 28 heavy (non-hydrogen) atoms. The number of phenolic OH excluding ortho intramolecular Hbond substituents is 1. The van der Waals surface area contributed by atoms with Crippen molar-refractivity contribution in [2.75, 3.05) is 0 Å². The molecule has 0 fully saturated rings.